The molecule has 0 aliphatic carbocycles. The van der Waals surface area contributed by atoms with Crippen LogP contribution in [-0.2, 0) is 16.1 Å². The van der Waals surface area contributed by atoms with Gasteiger partial charge in [0.15, 0.2) is 11.5 Å². The number of halogens is 1. The number of ether oxygens (including phenoxy) is 2. The maximum absolute atomic E-state index is 13.8. The number of carbonyl (C=O) groups excluding carboxylic acids is 3. The largest absolute Gasteiger partial charge is 0.493 e. The molecule has 2 fully saturated rings. The Kier molecular flexibility index (Phi) is 13.1. The summed E-state index contributed by atoms with van der Waals surface area (Å²) in [6.45, 7) is 8.68. The fourth-order valence-electron chi connectivity index (χ4n) is 6.42. The second kappa shape index (κ2) is 16.3. The molecule has 11 heteroatoms. The summed E-state index contributed by atoms with van der Waals surface area (Å²) in [7, 11) is 3.11. The van der Waals surface area contributed by atoms with Crippen molar-refractivity contribution in [1.29, 1.82) is 0 Å². The summed E-state index contributed by atoms with van der Waals surface area (Å²) >= 11 is 0. The van der Waals surface area contributed by atoms with Gasteiger partial charge in [-0.2, -0.15) is 0 Å². The van der Waals surface area contributed by atoms with Crippen molar-refractivity contribution < 1.29 is 29.0 Å². The Morgan fingerprint density at radius 1 is 1.07 bits per heavy atom. The quantitative estimate of drug-likeness (QED) is 0.293. The summed E-state index contributed by atoms with van der Waals surface area (Å²) < 4.78 is 11.5. The second-order valence-electron chi connectivity index (χ2n) is 11.9. The lowest BCUT2D eigenvalue weighted by Crippen LogP contribution is -2.75. The Hall–Kier alpha value is -3.34. The van der Waals surface area contributed by atoms with E-state index in [4.69, 9.17) is 9.47 Å². The molecule has 3 amide bonds. The van der Waals surface area contributed by atoms with E-state index in [-0.39, 0.29) is 36.0 Å². The van der Waals surface area contributed by atoms with Gasteiger partial charge in [0.1, 0.15) is 17.3 Å². The number of unbranched alkanes of at least 4 members (excludes halogenated alkanes) is 1. The molecule has 2 saturated heterocycles. The van der Waals surface area contributed by atoms with Crippen molar-refractivity contribution >= 4 is 30.1 Å². The number of methoxy groups -OCH3 is 1. The Labute approximate surface area is 273 Å². The maximum Gasteiger partial charge on any atom is 0.251 e. The van der Waals surface area contributed by atoms with Gasteiger partial charge in [0.25, 0.3) is 5.91 Å². The molecule has 2 aromatic rings. The monoisotopic (exact) mass is 644 g/mol. The number of piperazine rings is 1. The van der Waals surface area contributed by atoms with Gasteiger partial charge in [-0.1, -0.05) is 52.2 Å². The van der Waals surface area contributed by atoms with Crippen LogP contribution >= 0.6 is 12.4 Å². The number of hydrogen-bond acceptors (Lipinski definition) is 7. The van der Waals surface area contributed by atoms with Crippen molar-refractivity contribution in [1.82, 2.24) is 20.4 Å². The first-order chi connectivity index (χ1) is 21.2. The summed E-state index contributed by atoms with van der Waals surface area (Å²) in [5, 5.41) is 16.6. The van der Waals surface area contributed by atoms with Crippen molar-refractivity contribution in [3.8, 4) is 17.2 Å². The number of likely N-dealkylation sites (tertiary alicyclic amines) is 1. The fourth-order valence-corrected chi connectivity index (χ4v) is 6.42. The topological polar surface area (TPSA) is 120 Å². The molecule has 45 heavy (non-hydrogen) atoms. The van der Waals surface area contributed by atoms with Gasteiger partial charge in [-0.15, -0.1) is 12.4 Å². The molecule has 0 radical (unpaired) electrons. The molecule has 0 aromatic heterocycles. The predicted octanol–water partition coefficient (Wildman–Crippen LogP) is 4.53. The third-order valence-electron chi connectivity index (χ3n) is 9.26. The van der Waals surface area contributed by atoms with Gasteiger partial charge in [0.05, 0.1) is 13.2 Å². The number of amides is 3. The number of piperidine rings is 1. The van der Waals surface area contributed by atoms with Crippen molar-refractivity contribution in [2.45, 2.75) is 83.5 Å². The second-order valence-corrected chi connectivity index (χ2v) is 11.9. The summed E-state index contributed by atoms with van der Waals surface area (Å²) in [5.74, 6) is 1.09. The average Bonchev–Trinajstić information content (AvgIpc) is 3.05. The zero-order valence-corrected chi connectivity index (χ0v) is 28.0. The Morgan fingerprint density at radius 3 is 2.31 bits per heavy atom. The average molecular weight is 645 g/mol. The van der Waals surface area contributed by atoms with E-state index in [9.17, 15) is 19.5 Å². The standard InChI is InChI=1S/C34H48N4O6.ClH/c1-6-9-18-38-32(41)29(30(39)24(7-2)8-3)36-33(42)34(38)16-19-37(20-17-34)22-23-10-13-26(14-11-23)44-27-15-12-25(31(40)35-4)21-28(27)43-5;/h10-15,21,24,29-30,39H,6-9,16-20,22H2,1-5H3,(H,35,40)(H,36,42);1H/t29-,30-;/m1./s1. The summed E-state index contributed by atoms with van der Waals surface area (Å²) in [6.07, 6.45) is 3.44. The van der Waals surface area contributed by atoms with Crippen LogP contribution in [0.5, 0.6) is 17.2 Å². The normalized spacial score (nSPS) is 18.7. The summed E-state index contributed by atoms with van der Waals surface area (Å²) in [5.41, 5.74) is 0.713. The zero-order valence-electron chi connectivity index (χ0n) is 27.1. The van der Waals surface area contributed by atoms with Gasteiger partial charge < -0.3 is 30.1 Å². The minimum absolute atomic E-state index is 0. The summed E-state index contributed by atoms with van der Waals surface area (Å²) in [4.78, 5) is 43.5. The highest BCUT2D eigenvalue weighted by Gasteiger charge is 2.55. The highest BCUT2D eigenvalue weighted by molar-refractivity contribution is 6.00. The minimum Gasteiger partial charge on any atom is -0.493 e. The van der Waals surface area contributed by atoms with Crippen LogP contribution < -0.4 is 20.1 Å². The summed E-state index contributed by atoms with van der Waals surface area (Å²) in [6, 6.07) is 12.0. The van der Waals surface area contributed by atoms with Gasteiger partial charge >= 0.3 is 0 Å². The molecule has 1 spiro atoms. The molecule has 2 aromatic carbocycles. The molecule has 0 bridgehead atoms. The zero-order chi connectivity index (χ0) is 31.9. The predicted molar refractivity (Wildman–Crippen MR) is 176 cm³/mol. The van der Waals surface area contributed by atoms with Crippen LogP contribution in [0.3, 0.4) is 0 Å². The molecule has 248 valence electrons. The molecule has 2 atom stereocenters. The van der Waals surface area contributed by atoms with E-state index in [0.717, 1.165) is 31.2 Å². The number of nitrogens with one attached hydrogen (secondary N) is 2. The number of aliphatic hydroxyl groups is 1. The number of nitrogens with zero attached hydrogens (tertiary/aromatic N) is 2. The molecule has 2 aliphatic heterocycles. The molecular weight excluding hydrogens is 596 g/mol. The first-order valence-corrected chi connectivity index (χ1v) is 15.9. The first-order valence-electron chi connectivity index (χ1n) is 15.9. The molecular formula is C34H49ClN4O6. The molecule has 4 rings (SSSR count). The van der Waals surface area contributed by atoms with E-state index in [1.807, 2.05) is 38.1 Å². The lowest BCUT2D eigenvalue weighted by atomic mass is 9.79. The highest BCUT2D eigenvalue weighted by atomic mass is 35.5. The van der Waals surface area contributed by atoms with Crippen molar-refractivity contribution in [2.24, 2.45) is 5.92 Å². The minimum atomic E-state index is -0.891. The van der Waals surface area contributed by atoms with Crippen molar-refractivity contribution in [2.75, 3.05) is 33.8 Å². The van der Waals surface area contributed by atoms with Gasteiger partial charge in [-0.3, -0.25) is 19.3 Å². The van der Waals surface area contributed by atoms with Crippen LogP contribution in [0.15, 0.2) is 42.5 Å². The molecule has 0 unspecified atom stereocenters. The number of rotatable bonds is 13. The van der Waals surface area contributed by atoms with Crippen molar-refractivity contribution in [3.63, 3.8) is 0 Å². The van der Waals surface area contributed by atoms with Crippen LogP contribution in [0.2, 0.25) is 0 Å². The number of benzene rings is 2. The van der Waals surface area contributed by atoms with Crippen molar-refractivity contribution in [3.05, 3.63) is 53.6 Å². The molecule has 0 saturated carbocycles. The Morgan fingerprint density at radius 2 is 1.73 bits per heavy atom. The Balaban J connectivity index is 0.00000552. The molecule has 3 N–H and O–H groups in total. The van der Waals surface area contributed by atoms with Crippen LogP contribution in [0, 0.1) is 5.92 Å². The van der Waals surface area contributed by atoms with Gasteiger partial charge in [0, 0.05) is 38.8 Å². The lowest BCUT2D eigenvalue weighted by Gasteiger charge is -2.52. The highest BCUT2D eigenvalue weighted by Crippen LogP contribution is 2.36. The fraction of sp³-hybridized carbons (Fsp3) is 0.559. The third kappa shape index (κ3) is 7.91. The van der Waals surface area contributed by atoms with Crippen LogP contribution in [-0.4, -0.2) is 84.1 Å². The molecule has 2 heterocycles. The number of aliphatic hydroxyl groups excluding tert-OH is 1. The Bertz CT molecular complexity index is 1290. The van der Waals surface area contributed by atoms with E-state index in [0.29, 0.717) is 61.8 Å². The van der Waals surface area contributed by atoms with Gasteiger partial charge in [-0.05, 0) is 61.1 Å². The van der Waals surface area contributed by atoms with Crippen LogP contribution in [0.4, 0.5) is 0 Å². The van der Waals surface area contributed by atoms with E-state index >= 15 is 0 Å². The maximum atomic E-state index is 13.8. The molecule has 2 aliphatic rings. The van der Waals surface area contributed by atoms with Gasteiger partial charge in [0.2, 0.25) is 11.8 Å². The third-order valence-corrected chi connectivity index (χ3v) is 9.26. The van der Waals surface area contributed by atoms with Crippen LogP contribution in [0.25, 0.3) is 0 Å². The van der Waals surface area contributed by atoms with E-state index in [2.05, 4.69) is 22.5 Å². The van der Waals surface area contributed by atoms with Gasteiger partial charge in [-0.25, -0.2) is 0 Å². The van der Waals surface area contributed by atoms with E-state index < -0.39 is 17.7 Å². The van der Waals surface area contributed by atoms with E-state index in [1.165, 1.54) is 7.11 Å². The van der Waals surface area contributed by atoms with E-state index in [1.54, 1.807) is 30.1 Å². The number of hydrogen-bond donors (Lipinski definition) is 3. The lowest BCUT2D eigenvalue weighted by molar-refractivity contribution is -0.165. The molecule has 10 nitrogen and oxygen atoms in total. The smallest absolute Gasteiger partial charge is 0.251 e. The van der Waals surface area contributed by atoms with Crippen LogP contribution in [0.1, 0.15) is 75.2 Å². The number of carbonyl (C=O) groups is 3. The first kappa shape index (κ1) is 36.1. The SMILES string of the molecule is CCCCN1C(=O)[C@@H]([C@H](O)C(CC)CC)NC(=O)C12CCN(Cc1ccc(Oc3ccc(C(=O)NC)cc3OC)cc1)CC2.Cl.